The number of nitrogens with zero attached hydrogens (tertiary/aromatic N) is 1. The van der Waals surface area contributed by atoms with Gasteiger partial charge in [-0.05, 0) is 57.0 Å². The Morgan fingerprint density at radius 1 is 1.30 bits per heavy atom. The normalized spacial score (nSPS) is 16.6. The van der Waals surface area contributed by atoms with Crippen LogP contribution in [0.4, 0.5) is 0 Å². The van der Waals surface area contributed by atoms with E-state index in [0.717, 1.165) is 31.5 Å². The summed E-state index contributed by atoms with van der Waals surface area (Å²) in [4.78, 5) is 14.1. The van der Waals surface area contributed by atoms with Gasteiger partial charge in [-0.3, -0.25) is 4.79 Å². The number of carbonyl (C=O) groups excluding carboxylic acids is 1. The topological polar surface area (TPSA) is 32.3 Å². The van der Waals surface area contributed by atoms with E-state index in [2.05, 4.69) is 37.4 Å². The second-order valence-corrected chi connectivity index (χ2v) is 5.62. The van der Waals surface area contributed by atoms with Gasteiger partial charge >= 0.3 is 0 Å². The Kier molecular flexibility index (Phi) is 4.96. The Morgan fingerprint density at radius 2 is 2.00 bits per heavy atom. The van der Waals surface area contributed by atoms with Crippen LogP contribution >= 0.6 is 0 Å². The number of piperidine rings is 1. The van der Waals surface area contributed by atoms with Gasteiger partial charge in [0.25, 0.3) is 0 Å². The van der Waals surface area contributed by atoms with Crippen molar-refractivity contribution >= 4 is 12.0 Å². The maximum Gasteiger partial charge on any atom is 0.246 e. The van der Waals surface area contributed by atoms with Crippen molar-refractivity contribution < 1.29 is 4.79 Å². The van der Waals surface area contributed by atoms with Crippen molar-refractivity contribution in [1.29, 1.82) is 0 Å². The van der Waals surface area contributed by atoms with Crippen molar-refractivity contribution in [2.24, 2.45) is 0 Å². The van der Waals surface area contributed by atoms with Crippen molar-refractivity contribution in [3.63, 3.8) is 0 Å². The number of aryl methyl sites for hydroxylation is 2. The van der Waals surface area contributed by atoms with Crippen molar-refractivity contribution in [3.8, 4) is 0 Å². The molecule has 20 heavy (non-hydrogen) atoms. The molecule has 0 aliphatic carbocycles. The zero-order valence-electron chi connectivity index (χ0n) is 12.6. The summed E-state index contributed by atoms with van der Waals surface area (Å²) in [6, 6.07) is 6.65. The van der Waals surface area contributed by atoms with Gasteiger partial charge in [0.05, 0.1) is 0 Å². The summed E-state index contributed by atoms with van der Waals surface area (Å²) in [7, 11) is 1.91. The van der Waals surface area contributed by atoms with Gasteiger partial charge in [0.15, 0.2) is 0 Å². The van der Waals surface area contributed by atoms with E-state index in [1.54, 1.807) is 6.08 Å². The van der Waals surface area contributed by atoms with Crippen molar-refractivity contribution in [3.05, 3.63) is 41.0 Å². The Morgan fingerprint density at radius 3 is 2.65 bits per heavy atom. The molecule has 1 aliphatic rings. The van der Waals surface area contributed by atoms with Crippen LogP contribution in [0.1, 0.15) is 29.5 Å². The average molecular weight is 272 g/mol. The Bertz CT molecular complexity index is 502. The van der Waals surface area contributed by atoms with Gasteiger partial charge in [-0.25, -0.2) is 0 Å². The van der Waals surface area contributed by atoms with E-state index in [1.165, 1.54) is 11.1 Å². The zero-order valence-corrected chi connectivity index (χ0v) is 12.6. The van der Waals surface area contributed by atoms with Crippen LogP contribution in [0.2, 0.25) is 0 Å². The fourth-order valence-corrected chi connectivity index (χ4v) is 2.67. The molecule has 0 spiro atoms. The Balaban J connectivity index is 2.00. The lowest BCUT2D eigenvalue weighted by Gasteiger charge is -2.30. The van der Waals surface area contributed by atoms with Crippen LogP contribution in [-0.2, 0) is 4.79 Å². The van der Waals surface area contributed by atoms with Crippen molar-refractivity contribution in [1.82, 2.24) is 10.2 Å². The van der Waals surface area contributed by atoms with Crippen molar-refractivity contribution in [2.75, 3.05) is 20.1 Å². The molecule has 1 heterocycles. The first-order chi connectivity index (χ1) is 9.58. The van der Waals surface area contributed by atoms with Crippen LogP contribution in [0.3, 0.4) is 0 Å². The van der Waals surface area contributed by atoms with Gasteiger partial charge in [-0.2, -0.15) is 0 Å². The summed E-state index contributed by atoms with van der Waals surface area (Å²) < 4.78 is 0. The Labute approximate surface area is 121 Å². The number of hydrogen-bond acceptors (Lipinski definition) is 2. The minimum Gasteiger partial charge on any atom is -0.339 e. The highest BCUT2D eigenvalue weighted by molar-refractivity contribution is 5.92. The first kappa shape index (κ1) is 14.8. The van der Waals surface area contributed by atoms with Gasteiger partial charge in [-0.1, -0.05) is 23.8 Å². The first-order valence-electron chi connectivity index (χ1n) is 7.31. The van der Waals surface area contributed by atoms with Crippen molar-refractivity contribution in [2.45, 2.75) is 32.7 Å². The molecule has 1 aliphatic heterocycles. The summed E-state index contributed by atoms with van der Waals surface area (Å²) in [5.41, 5.74) is 3.57. The number of rotatable bonds is 3. The molecule has 0 saturated carbocycles. The van der Waals surface area contributed by atoms with E-state index >= 15 is 0 Å². The summed E-state index contributed by atoms with van der Waals surface area (Å²) in [6.45, 7) is 6.16. The highest BCUT2D eigenvalue weighted by Crippen LogP contribution is 2.14. The van der Waals surface area contributed by atoms with E-state index in [9.17, 15) is 4.79 Å². The highest BCUT2D eigenvalue weighted by Gasteiger charge is 2.20. The lowest BCUT2D eigenvalue weighted by atomic mass is 10.0. The number of benzene rings is 1. The predicted molar refractivity (Wildman–Crippen MR) is 83.6 cm³/mol. The molecule has 1 saturated heterocycles. The van der Waals surface area contributed by atoms with Gasteiger partial charge in [0.2, 0.25) is 5.91 Å². The number of hydrogen-bond donors (Lipinski definition) is 1. The maximum absolute atomic E-state index is 12.2. The summed E-state index contributed by atoms with van der Waals surface area (Å²) >= 11 is 0. The summed E-state index contributed by atoms with van der Waals surface area (Å²) in [5.74, 6) is 0.0943. The Hall–Kier alpha value is -1.61. The van der Waals surface area contributed by atoms with Crippen LogP contribution in [-0.4, -0.2) is 37.0 Å². The quantitative estimate of drug-likeness (QED) is 0.858. The van der Waals surface area contributed by atoms with Crippen LogP contribution in [0.5, 0.6) is 0 Å². The average Bonchev–Trinajstić information content (AvgIpc) is 2.46. The van der Waals surface area contributed by atoms with Crippen LogP contribution < -0.4 is 5.32 Å². The molecule has 1 aromatic rings. The minimum absolute atomic E-state index is 0.0943. The number of amides is 1. The summed E-state index contributed by atoms with van der Waals surface area (Å²) in [6.07, 6.45) is 5.70. The molecule has 1 N–H and O–H groups in total. The van der Waals surface area contributed by atoms with E-state index in [1.807, 2.05) is 18.0 Å². The molecule has 1 amide bonds. The molecule has 3 nitrogen and oxygen atoms in total. The molecule has 0 aromatic heterocycles. The SMILES string of the molecule is Cc1ccc(C=CC(=O)N(C)C2CCNCC2)c(C)c1. The van der Waals surface area contributed by atoms with E-state index in [-0.39, 0.29) is 5.91 Å². The lowest BCUT2D eigenvalue weighted by molar-refractivity contribution is -0.127. The van der Waals surface area contributed by atoms with E-state index in [0.29, 0.717) is 6.04 Å². The molecule has 3 heteroatoms. The standard InChI is InChI=1S/C17H24N2O/c1-13-4-5-15(14(2)12-13)6-7-17(20)19(3)16-8-10-18-11-9-16/h4-7,12,16,18H,8-11H2,1-3H3. The zero-order chi connectivity index (χ0) is 14.5. The molecule has 0 atom stereocenters. The molecule has 0 radical (unpaired) electrons. The molecule has 2 rings (SSSR count). The molecule has 1 fully saturated rings. The van der Waals surface area contributed by atoms with Gasteiger partial charge in [0.1, 0.15) is 0 Å². The fraction of sp³-hybridized carbons (Fsp3) is 0.471. The van der Waals surface area contributed by atoms with Crippen LogP contribution in [0, 0.1) is 13.8 Å². The minimum atomic E-state index is 0.0943. The molecule has 0 bridgehead atoms. The largest absolute Gasteiger partial charge is 0.339 e. The van der Waals surface area contributed by atoms with E-state index in [4.69, 9.17) is 0 Å². The lowest BCUT2D eigenvalue weighted by Crippen LogP contribution is -2.43. The van der Waals surface area contributed by atoms with Gasteiger partial charge in [-0.15, -0.1) is 0 Å². The second kappa shape index (κ2) is 6.71. The monoisotopic (exact) mass is 272 g/mol. The second-order valence-electron chi connectivity index (χ2n) is 5.62. The summed E-state index contributed by atoms with van der Waals surface area (Å²) in [5, 5.41) is 3.32. The van der Waals surface area contributed by atoms with Crippen LogP contribution in [0.15, 0.2) is 24.3 Å². The number of likely N-dealkylation sites (N-methyl/N-ethyl adjacent to an activating group) is 1. The molecule has 1 aromatic carbocycles. The first-order valence-corrected chi connectivity index (χ1v) is 7.31. The molecule has 0 unspecified atom stereocenters. The predicted octanol–water partition coefficient (Wildman–Crippen LogP) is 2.53. The fourth-order valence-electron chi connectivity index (χ4n) is 2.67. The highest BCUT2D eigenvalue weighted by atomic mass is 16.2. The third-order valence-electron chi connectivity index (χ3n) is 4.03. The number of carbonyl (C=O) groups is 1. The number of nitrogens with one attached hydrogen (secondary N) is 1. The van der Waals surface area contributed by atoms with Crippen LogP contribution in [0.25, 0.3) is 6.08 Å². The third kappa shape index (κ3) is 3.70. The van der Waals surface area contributed by atoms with Gasteiger partial charge < -0.3 is 10.2 Å². The smallest absolute Gasteiger partial charge is 0.246 e. The van der Waals surface area contributed by atoms with E-state index < -0.39 is 0 Å². The third-order valence-corrected chi connectivity index (χ3v) is 4.03. The molecular formula is C17H24N2O. The molecule has 108 valence electrons. The maximum atomic E-state index is 12.2. The molecular weight excluding hydrogens is 248 g/mol. The van der Waals surface area contributed by atoms with Gasteiger partial charge in [0, 0.05) is 19.2 Å².